The maximum Gasteiger partial charge on any atom is 0.322 e. The Morgan fingerprint density at radius 2 is 1.90 bits per heavy atom. The first-order valence-corrected chi connectivity index (χ1v) is 6.08. The maximum absolute atomic E-state index is 5.11. The minimum Gasteiger partial charge on any atom is -0.467 e. The highest BCUT2D eigenvalue weighted by molar-refractivity contribution is 5.55. The number of rotatable bonds is 6. The first kappa shape index (κ1) is 14.0. The van der Waals surface area contributed by atoms with Crippen molar-refractivity contribution in [1.29, 1.82) is 0 Å². The predicted molar refractivity (Wildman–Crippen MR) is 76.4 cm³/mol. The van der Waals surface area contributed by atoms with Gasteiger partial charge in [0.2, 0.25) is 11.9 Å². The normalized spacial score (nSPS) is 10.2. The molecular weight excluding hydrogens is 258 g/mol. The molecule has 0 aliphatic carbocycles. The van der Waals surface area contributed by atoms with Gasteiger partial charge in [0, 0.05) is 19.8 Å². The summed E-state index contributed by atoms with van der Waals surface area (Å²) in [6.07, 6.45) is 0. The molecule has 1 aromatic carbocycles. The van der Waals surface area contributed by atoms with Crippen LogP contribution in [0.25, 0.3) is 0 Å². The topological polar surface area (TPSA) is 81.2 Å². The van der Waals surface area contributed by atoms with Gasteiger partial charge in [-0.2, -0.15) is 15.0 Å². The van der Waals surface area contributed by atoms with E-state index < -0.39 is 0 Å². The van der Waals surface area contributed by atoms with Gasteiger partial charge >= 0.3 is 6.01 Å². The smallest absolute Gasteiger partial charge is 0.322 e. The molecule has 0 aliphatic rings. The van der Waals surface area contributed by atoms with E-state index in [-0.39, 0.29) is 6.01 Å². The van der Waals surface area contributed by atoms with E-state index in [1.165, 1.54) is 7.11 Å². The van der Waals surface area contributed by atoms with Crippen molar-refractivity contribution in [2.24, 2.45) is 0 Å². The van der Waals surface area contributed by atoms with E-state index in [0.717, 1.165) is 11.3 Å². The van der Waals surface area contributed by atoms with Crippen LogP contribution < -0.4 is 15.4 Å². The number of nitrogens with one attached hydrogen (secondary N) is 2. The van der Waals surface area contributed by atoms with E-state index in [9.17, 15) is 0 Å². The lowest BCUT2D eigenvalue weighted by Crippen LogP contribution is -2.05. The standard InChI is InChI=1S/C13H17N5O2/c1-14-11-16-12(18-13(17-11)20-3)15-10-6-4-5-9(7-10)8-19-2/h4-7H,8H2,1-3H3,(H2,14,15,16,17,18). The van der Waals surface area contributed by atoms with Crippen LogP contribution in [0.15, 0.2) is 24.3 Å². The molecule has 0 saturated heterocycles. The Balaban J connectivity index is 2.22. The van der Waals surface area contributed by atoms with Crippen LogP contribution in [0.3, 0.4) is 0 Å². The number of hydrogen-bond donors (Lipinski definition) is 2. The maximum atomic E-state index is 5.11. The SMILES string of the molecule is CNc1nc(Nc2cccc(COC)c2)nc(OC)n1. The summed E-state index contributed by atoms with van der Waals surface area (Å²) in [5, 5.41) is 5.97. The zero-order chi connectivity index (χ0) is 14.4. The fourth-order valence-corrected chi connectivity index (χ4v) is 1.65. The number of anilines is 3. The van der Waals surface area contributed by atoms with E-state index in [1.807, 2.05) is 24.3 Å². The molecule has 0 radical (unpaired) electrons. The molecule has 0 amide bonds. The highest BCUT2D eigenvalue weighted by Crippen LogP contribution is 2.17. The Morgan fingerprint density at radius 1 is 1.10 bits per heavy atom. The van der Waals surface area contributed by atoms with Crippen molar-refractivity contribution < 1.29 is 9.47 Å². The number of hydrogen-bond acceptors (Lipinski definition) is 7. The van der Waals surface area contributed by atoms with E-state index in [0.29, 0.717) is 18.5 Å². The molecule has 0 unspecified atom stereocenters. The Kier molecular flexibility index (Phi) is 4.67. The molecule has 2 N–H and O–H groups in total. The summed E-state index contributed by atoms with van der Waals surface area (Å²) in [7, 11) is 4.91. The largest absolute Gasteiger partial charge is 0.467 e. The first-order chi connectivity index (χ1) is 9.75. The first-order valence-electron chi connectivity index (χ1n) is 6.08. The van der Waals surface area contributed by atoms with Crippen molar-refractivity contribution >= 4 is 17.6 Å². The summed E-state index contributed by atoms with van der Waals surface area (Å²) in [5.74, 6) is 0.850. The summed E-state index contributed by atoms with van der Waals surface area (Å²) in [4.78, 5) is 12.4. The van der Waals surface area contributed by atoms with Crippen LogP contribution in [-0.2, 0) is 11.3 Å². The predicted octanol–water partition coefficient (Wildman–Crippen LogP) is 1.81. The molecule has 0 aliphatic heterocycles. The lowest BCUT2D eigenvalue weighted by molar-refractivity contribution is 0.185. The molecule has 0 saturated carbocycles. The summed E-state index contributed by atoms with van der Waals surface area (Å²) in [6.45, 7) is 0.553. The van der Waals surface area contributed by atoms with Crippen molar-refractivity contribution in [3.8, 4) is 6.01 Å². The van der Waals surface area contributed by atoms with E-state index in [4.69, 9.17) is 9.47 Å². The second-order valence-corrected chi connectivity index (χ2v) is 3.98. The summed E-state index contributed by atoms with van der Waals surface area (Å²) >= 11 is 0. The van der Waals surface area contributed by atoms with Gasteiger partial charge in [0.15, 0.2) is 0 Å². The molecular formula is C13H17N5O2. The molecule has 2 rings (SSSR count). The highest BCUT2D eigenvalue weighted by Gasteiger charge is 2.06. The summed E-state index contributed by atoms with van der Waals surface area (Å²) < 4.78 is 10.1. The molecule has 0 atom stereocenters. The minimum absolute atomic E-state index is 0.250. The number of ether oxygens (including phenoxy) is 2. The lowest BCUT2D eigenvalue weighted by atomic mass is 10.2. The Bertz CT molecular complexity index is 554. The summed E-state index contributed by atoms with van der Waals surface area (Å²) in [5.41, 5.74) is 1.93. The molecule has 0 fully saturated rings. The third kappa shape index (κ3) is 3.55. The Labute approximate surface area is 117 Å². The Hall–Kier alpha value is -2.41. The van der Waals surface area contributed by atoms with Crippen LogP contribution in [0, 0.1) is 0 Å². The van der Waals surface area contributed by atoms with Gasteiger partial charge in [-0.15, -0.1) is 0 Å². The van der Waals surface area contributed by atoms with Gasteiger partial charge in [0.1, 0.15) is 0 Å². The van der Waals surface area contributed by atoms with Gasteiger partial charge in [-0.1, -0.05) is 12.1 Å². The molecule has 7 nitrogen and oxygen atoms in total. The number of aromatic nitrogens is 3. The van der Waals surface area contributed by atoms with Gasteiger partial charge in [-0.3, -0.25) is 0 Å². The van der Waals surface area contributed by atoms with Crippen molar-refractivity contribution in [3.63, 3.8) is 0 Å². The van der Waals surface area contributed by atoms with Gasteiger partial charge in [-0.05, 0) is 17.7 Å². The van der Waals surface area contributed by atoms with Crippen LogP contribution in [0.4, 0.5) is 17.6 Å². The zero-order valence-corrected chi connectivity index (χ0v) is 11.7. The number of nitrogens with zero attached hydrogens (tertiary/aromatic N) is 3. The number of benzene rings is 1. The minimum atomic E-state index is 0.250. The monoisotopic (exact) mass is 275 g/mol. The number of methoxy groups -OCH3 is 2. The fourth-order valence-electron chi connectivity index (χ4n) is 1.65. The second-order valence-electron chi connectivity index (χ2n) is 3.98. The average Bonchev–Trinajstić information content (AvgIpc) is 2.47. The van der Waals surface area contributed by atoms with Crippen LogP contribution >= 0.6 is 0 Å². The lowest BCUT2D eigenvalue weighted by Gasteiger charge is -2.09. The van der Waals surface area contributed by atoms with Crippen molar-refractivity contribution in [3.05, 3.63) is 29.8 Å². The molecule has 2 aromatic rings. The molecule has 0 bridgehead atoms. The van der Waals surface area contributed by atoms with Crippen LogP contribution in [0.1, 0.15) is 5.56 Å². The zero-order valence-electron chi connectivity index (χ0n) is 11.7. The van der Waals surface area contributed by atoms with Gasteiger partial charge in [0.25, 0.3) is 0 Å². The van der Waals surface area contributed by atoms with Crippen molar-refractivity contribution in [2.45, 2.75) is 6.61 Å². The van der Waals surface area contributed by atoms with Crippen LogP contribution in [0.5, 0.6) is 6.01 Å². The van der Waals surface area contributed by atoms with Gasteiger partial charge in [0.05, 0.1) is 13.7 Å². The van der Waals surface area contributed by atoms with E-state index in [2.05, 4.69) is 25.6 Å². The van der Waals surface area contributed by atoms with Crippen LogP contribution in [0.2, 0.25) is 0 Å². The molecule has 7 heteroatoms. The van der Waals surface area contributed by atoms with Crippen molar-refractivity contribution in [2.75, 3.05) is 31.9 Å². The Morgan fingerprint density at radius 3 is 2.60 bits per heavy atom. The highest BCUT2D eigenvalue weighted by atomic mass is 16.5. The third-order valence-corrected chi connectivity index (χ3v) is 2.52. The molecule has 0 spiro atoms. The third-order valence-electron chi connectivity index (χ3n) is 2.52. The molecule has 1 heterocycles. The average molecular weight is 275 g/mol. The molecule has 20 heavy (non-hydrogen) atoms. The van der Waals surface area contributed by atoms with Gasteiger partial charge in [-0.25, -0.2) is 0 Å². The summed E-state index contributed by atoms with van der Waals surface area (Å²) in [6, 6.07) is 8.07. The van der Waals surface area contributed by atoms with Crippen molar-refractivity contribution in [1.82, 2.24) is 15.0 Å². The quantitative estimate of drug-likeness (QED) is 0.832. The van der Waals surface area contributed by atoms with E-state index >= 15 is 0 Å². The molecule has 106 valence electrons. The second kappa shape index (κ2) is 6.67. The van der Waals surface area contributed by atoms with E-state index in [1.54, 1.807) is 14.2 Å². The molecule has 1 aromatic heterocycles. The fraction of sp³-hybridized carbons (Fsp3) is 0.308. The van der Waals surface area contributed by atoms with Crippen LogP contribution in [-0.4, -0.2) is 36.2 Å². The van der Waals surface area contributed by atoms with Gasteiger partial charge < -0.3 is 20.1 Å².